The lowest BCUT2D eigenvalue weighted by Crippen LogP contribution is -2.22. The highest BCUT2D eigenvalue weighted by Crippen LogP contribution is 2.24. The summed E-state index contributed by atoms with van der Waals surface area (Å²) >= 11 is 0. The van der Waals surface area contributed by atoms with Crippen LogP contribution in [0.3, 0.4) is 0 Å². The predicted octanol–water partition coefficient (Wildman–Crippen LogP) is 1.96. The van der Waals surface area contributed by atoms with Crippen molar-refractivity contribution < 1.29 is 0 Å². The molecule has 0 unspecified atom stereocenters. The molecule has 1 aromatic heterocycles. The maximum Gasteiger partial charge on any atom is 0.327 e. The fourth-order valence-electron chi connectivity index (χ4n) is 2.02. The highest BCUT2D eigenvalue weighted by Gasteiger charge is 2.02. The summed E-state index contributed by atoms with van der Waals surface area (Å²) in [6.07, 6.45) is 0. The number of fused-ring (bicyclic) bond motifs is 1. The van der Waals surface area contributed by atoms with Crippen LogP contribution in [0, 0.1) is 0 Å². The fraction of sp³-hybridized carbons (Fsp3) is 0. The minimum absolute atomic E-state index is 0.366. The molecule has 0 spiro atoms. The minimum atomic E-state index is -0.532. The third-order valence-electron chi connectivity index (χ3n) is 2.82. The summed E-state index contributed by atoms with van der Waals surface area (Å²) in [5.41, 5.74) is -0.138. The van der Waals surface area contributed by atoms with Crippen molar-refractivity contribution >= 4 is 22.3 Å². The molecule has 0 aliphatic heterocycles. The quantitative estimate of drug-likeness (QED) is 0.653. The van der Waals surface area contributed by atoms with E-state index >= 15 is 0 Å². The Labute approximate surface area is 107 Å². The fourth-order valence-corrected chi connectivity index (χ4v) is 2.02. The Bertz CT molecular complexity index is 815. The van der Waals surface area contributed by atoms with E-state index < -0.39 is 11.2 Å². The van der Waals surface area contributed by atoms with Crippen LogP contribution in [-0.2, 0) is 0 Å². The van der Waals surface area contributed by atoms with Gasteiger partial charge in [0.2, 0.25) is 0 Å². The molecule has 0 fully saturated rings. The zero-order valence-electron chi connectivity index (χ0n) is 9.94. The Morgan fingerprint density at radius 1 is 0.895 bits per heavy atom. The lowest BCUT2D eigenvalue weighted by atomic mass is 10.1. The van der Waals surface area contributed by atoms with Crippen molar-refractivity contribution in [2.24, 2.45) is 0 Å². The Balaban J connectivity index is 2.10. The van der Waals surface area contributed by atoms with Gasteiger partial charge in [0.1, 0.15) is 5.82 Å². The summed E-state index contributed by atoms with van der Waals surface area (Å²) in [6.45, 7) is 0. The molecule has 0 aliphatic carbocycles. The van der Waals surface area contributed by atoms with Crippen molar-refractivity contribution in [1.29, 1.82) is 0 Å². The zero-order valence-corrected chi connectivity index (χ0v) is 9.94. The van der Waals surface area contributed by atoms with E-state index in [1.54, 1.807) is 0 Å². The van der Waals surface area contributed by atoms with Gasteiger partial charge in [0.05, 0.1) is 0 Å². The Morgan fingerprint density at radius 2 is 1.68 bits per heavy atom. The number of aromatic amines is 2. The summed E-state index contributed by atoms with van der Waals surface area (Å²) < 4.78 is 0. The Hall–Kier alpha value is -2.82. The smallest absolute Gasteiger partial charge is 0.327 e. The highest BCUT2D eigenvalue weighted by molar-refractivity contribution is 5.95. The molecule has 0 amide bonds. The van der Waals surface area contributed by atoms with E-state index in [4.69, 9.17) is 0 Å². The molecule has 3 N–H and O–H groups in total. The number of hydrogen-bond donors (Lipinski definition) is 3. The molecule has 0 radical (unpaired) electrons. The van der Waals surface area contributed by atoms with Crippen LogP contribution in [0.15, 0.2) is 58.1 Å². The largest absolute Gasteiger partial charge is 0.341 e. The topological polar surface area (TPSA) is 77.8 Å². The second-order valence-electron chi connectivity index (χ2n) is 4.15. The van der Waals surface area contributed by atoms with Gasteiger partial charge >= 0.3 is 5.69 Å². The van der Waals surface area contributed by atoms with Crippen LogP contribution >= 0.6 is 0 Å². The van der Waals surface area contributed by atoms with Crippen molar-refractivity contribution in [3.63, 3.8) is 0 Å². The van der Waals surface area contributed by atoms with Gasteiger partial charge in [0.15, 0.2) is 0 Å². The molecular weight excluding hydrogens is 242 g/mol. The molecule has 5 nitrogen and oxygen atoms in total. The number of aromatic nitrogens is 2. The zero-order chi connectivity index (χ0) is 13.2. The molecule has 0 atom stereocenters. The van der Waals surface area contributed by atoms with Crippen LogP contribution in [-0.4, -0.2) is 9.97 Å². The van der Waals surface area contributed by atoms with E-state index in [1.165, 1.54) is 6.07 Å². The molecule has 94 valence electrons. The van der Waals surface area contributed by atoms with Crippen molar-refractivity contribution in [2.75, 3.05) is 5.32 Å². The SMILES string of the molecule is O=c1cc(Nc2cccc3ccccc23)[nH]c(=O)[nH]1. The monoisotopic (exact) mass is 253 g/mol. The summed E-state index contributed by atoms with van der Waals surface area (Å²) in [6, 6.07) is 15.0. The molecule has 3 aromatic rings. The van der Waals surface area contributed by atoms with Gasteiger partial charge in [-0.3, -0.25) is 14.8 Å². The van der Waals surface area contributed by atoms with Gasteiger partial charge in [-0.1, -0.05) is 36.4 Å². The molecule has 3 rings (SSSR count). The number of H-pyrrole nitrogens is 2. The molecule has 0 saturated carbocycles. The van der Waals surface area contributed by atoms with Gasteiger partial charge in [0.25, 0.3) is 5.56 Å². The summed E-state index contributed by atoms with van der Waals surface area (Å²) in [4.78, 5) is 27.1. The normalized spacial score (nSPS) is 10.5. The average Bonchev–Trinajstić information content (AvgIpc) is 2.38. The van der Waals surface area contributed by atoms with Crippen LogP contribution in [0.2, 0.25) is 0 Å². The first-order valence-electron chi connectivity index (χ1n) is 5.81. The lowest BCUT2D eigenvalue weighted by Gasteiger charge is -2.08. The molecular formula is C14H11N3O2. The van der Waals surface area contributed by atoms with E-state index in [9.17, 15) is 9.59 Å². The highest BCUT2D eigenvalue weighted by atomic mass is 16.2. The van der Waals surface area contributed by atoms with Crippen molar-refractivity contribution in [3.8, 4) is 0 Å². The Kier molecular flexibility index (Phi) is 2.64. The first kappa shape index (κ1) is 11.3. The molecule has 0 saturated heterocycles. The number of anilines is 2. The predicted molar refractivity (Wildman–Crippen MR) is 74.9 cm³/mol. The van der Waals surface area contributed by atoms with E-state index in [-0.39, 0.29) is 0 Å². The average molecular weight is 253 g/mol. The van der Waals surface area contributed by atoms with Gasteiger partial charge in [0, 0.05) is 17.1 Å². The number of benzene rings is 2. The van der Waals surface area contributed by atoms with E-state index in [1.807, 2.05) is 42.5 Å². The number of hydrogen-bond acceptors (Lipinski definition) is 3. The van der Waals surface area contributed by atoms with Crippen molar-refractivity contribution in [1.82, 2.24) is 9.97 Å². The molecule has 0 bridgehead atoms. The maximum absolute atomic E-state index is 11.2. The van der Waals surface area contributed by atoms with Crippen LogP contribution in [0.25, 0.3) is 10.8 Å². The first-order valence-corrected chi connectivity index (χ1v) is 5.81. The molecule has 0 aliphatic rings. The van der Waals surface area contributed by atoms with E-state index in [0.29, 0.717) is 5.82 Å². The standard InChI is InChI=1S/C14H11N3O2/c18-13-8-12(16-14(19)17-13)15-11-7-3-5-9-4-1-2-6-10(9)11/h1-8H,(H3,15,16,17,18,19). The van der Waals surface area contributed by atoms with E-state index in [0.717, 1.165) is 16.5 Å². The molecule has 5 heteroatoms. The van der Waals surface area contributed by atoms with Gasteiger partial charge in [-0.25, -0.2) is 4.79 Å². The Morgan fingerprint density at radius 3 is 2.53 bits per heavy atom. The molecule has 19 heavy (non-hydrogen) atoms. The van der Waals surface area contributed by atoms with Gasteiger partial charge in [-0.2, -0.15) is 0 Å². The lowest BCUT2D eigenvalue weighted by molar-refractivity contribution is 1.04. The third-order valence-corrected chi connectivity index (χ3v) is 2.82. The number of nitrogens with one attached hydrogen (secondary N) is 3. The van der Waals surface area contributed by atoms with Crippen LogP contribution in [0.5, 0.6) is 0 Å². The maximum atomic E-state index is 11.2. The molecule has 1 heterocycles. The van der Waals surface area contributed by atoms with Gasteiger partial charge in [-0.15, -0.1) is 0 Å². The van der Waals surface area contributed by atoms with Crippen LogP contribution in [0.4, 0.5) is 11.5 Å². The van der Waals surface area contributed by atoms with Gasteiger partial charge < -0.3 is 5.32 Å². The van der Waals surface area contributed by atoms with Crippen LogP contribution in [0.1, 0.15) is 0 Å². The van der Waals surface area contributed by atoms with E-state index in [2.05, 4.69) is 15.3 Å². The molecule has 2 aromatic carbocycles. The van der Waals surface area contributed by atoms with Crippen molar-refractivity contribution in [2.45, 2.75) is 0 Å². The van der Waals surface area contributed by atoms with Crippen molar-refractivity contribution in [3.05, 3.63) is 69.4 Å². The second kappa shape index (κ2) is 4.45. The summed E-state index contributed by atoms with van der Waals surface area (Å²) in [7, 11) is 0. The van der Waals surface area contributed by atoms with Gasteiger partial charge in [-0.05, 0) is 11.5 Å². The van der Waals surface area contributed by atoms with Crippen LogP contribution < -0.4 is 16.6 Å². The number of rotatable bonds is 2. The first-order chi connectivity index (χ1) is 9.22. The third kappa shape index (κ3) is 2.26. The summed E-state index contributed by atoms with van der Waals surface area (Å²) in [5.74, 6) is 0.366. The second-order valence-corrected chi connectivity index (χ2v) is 4.15. The summed E-state index contributed by atoms with van der Waals surface area (Å²) in [5, 5.41) is 5.16. The minimum Gasteiger partial charge on any atom is -0.341 e.